The summed E-state index contributed by atoms with van der Waals surface area (Å²) in [5.41, 5.74) is 0.887. The lowest BCUT2D eigenvalue weighted by molar-refractivity contribution is -0.120. The van der Waals surface area contributed by atoms with Gasteiger partial charge in [0.05, 0.1) is 13.2 Å². The Hall–Kier alpha value is -1.75. The third-order valence-electron chi connectivity index (χ3n) is 3.18. The second-order valence-electron chi connectivity index (χ2n) is 4.77. The highest BCUT2D eigenvalue weighted by atomic mass is 16.5. The van der Waals surface area contributed by atoms with Gasteiger partial charge in [-0.1, -0.05) is 6.07 Å². The molecule has 1 amide bonds. The highest BCUT2D eigenvalue weighted by molar-refractivity contribution is 5.81. The molecular weight excluding hydrogens is 256 g/mol. The van der Waals surface area contributed by atoms with Crippen LogP contribution in [0.3, 0.4) is 0 Å². The van der Waals surface area contributed by atoms with Gasteiger partial charge >= 0.3 is 0 Å². The highest BCUT2D eigenvalue weighted by Crippen LogP contribution is 2.16. The molecule has 0 bridgehead atoms. The molecule has 1 aromatic carbocycles. The minimum Gasteiger partial charge on any atom is -0.494 e. The Bertz CT molecular complexity index is 431. The minimum absolute atomic E-state index is 0.0127. The molecule has 0 radical (unpaired) electrons. The molecule has 5 heteroatoms. The third kappa shape index (κ3) is 4.74. The molecule has 1 heterocycles. The van der Waals surface area contributed by atoms with E-state index >= 15 is 0 Å². The Balaban J connectivity index is 1.76. The fourth-order valence-corrected chi connectivity index (χ4v) is 2.17. The van der Waals surface area contributed by atoms with Gasteiger partial charge in [0.2, 0.25) is 5.91 Å². The molecule has 2 rings (SSSR count). The monoisotopic (exact) mass is 278 g/mol. The van der Waals surface area contributed by atoms with Gasteiger partial charge in [0.1, 0.15) is 5.75 Å². The van der Waals surface area contributed by atoms with E-state index in [1.165, 1.54) is 0 Å². The second kappa shape index (κ2) is 7.75. The number of carbonyl (C=O) groups is 1. The zero-order chi connectivity index (χ0) is 14.2. The van der Waals surface area contributed by atoms with Crippen molar-refractivity contribution in [3.8, 4) is 5.75 Å². The van der Waals surface area contributed by atoms with E-state index in [0.29, 0.717) is 6.61 Å². The number of ether oxygens (including phenoxy) is 2. The molecule has 5 nitrogen and oxygen atoms in total. The summed E-state index contributed by atoms with van der Waals surface area (Å²) in [5.74, 6) is 0.820. The Morgan fingerprint density at radius 3 is 2.95 bits per heavy atom. The predicted octanol–water partition coefficient (Wildman–Crippen LogP) is 1.79. The van der Waals surface area contributed by atoms with Crippen molar-refractivity contribution in [1.29, 1.82) is 0 Å². The van der Waals surface area contributed by atoms with E-state index in [9.17, 15) is 4.79 Å². The molecule has 0 unspecified atom stereocenters. The lowest BCUT2D eigenvalue weighted by Crippen LogP contribution is -2.41. The number of hydrogen-bond acceptors (Lipinski definition) is 4. The van der Waals surface area contributed by atoms with Crippen molar-refractivity contribution in [3.63, 3.8) is 0 Å². The summed E-state index contributed by atoms with van der Waals surface area (Å²) >= 11 is 0. The normalized spacial score (nSPS) is 15.7. The summed E-state index contributed by atoms with van der Waals surface area (Å²) in [5, 5.41) is 6.13. The maximum Gasteiger partial charge on any atom is 0.239 e. The number of nitrogens with one attached hydrogen (secondary N) is 2. The van der Waals surface area contributed by atoms with Crippen LogP contribution in [-0.4, -0.2) is 38.3 Å². The van der Waals surface area contributed by atoms with Crippen LogP contribution < -0.4 is 15.4 Å². The number of anilines is 1. The van der Waals surface area contributed by atoms with Gasteiger partial charge < -0.3 is 20.1 Å². The fraction of sp³-hybridized carbons (Fsp3) is 0.533. The molecular formula is C15H22N2O3. The van der Waals surface area contributed by atoms with Crippen molar-refractivity contribution in [2.24, 2.45) is 0 Å². The van der Waals surface area contributed by atoms with Crippen molar-refractivity contribution in [2.75, 3.05) is 31.7 Å². The van der Waals surface area contributed by atoms with Crippen LogP contribution >= 0.6 is 0 Å². The number of benzene rings is 1. The first kappa shape index (κ1) is 14.7. The van der Waals surface area contributed by atoms with Gasteiger partial charge in [-0.3, -0.25) is 4.79 Å². The molecule has 1 aliphatic heterocycles. The number of rotatable bonds is 6. The fourth-order valence-electron chi connectivity index (χ4n) is 2.17. The van der Waals surface area contributed by atoms with Gasteiger partial charge in [0, 0.05) is 31.0 Å². The van der Waals surface area contributed by atoms with E-state index in [-0.39, 0.29) is 18.5 Å². The molecule has 20 heavy (non-hydrogen) atoms. The molecule has 1 saturated heterocycles. The Kier molecular flexibility index (Phi) is 5.68. The van der Waals surface area contributed by atoms with Crippen LogP contribution in [0.25, 0.3) is 0 Å². The van der Waals surface area contributed by atoms with E-state index in [2.05, 4.69) is 10.6 Å². The molecule has 1 aromatic rings. The minimum atomic E-state index is 0.0127. The summed E-state index contributed by atoms with van der Waals surface area (Å²) in [6.45, 7) is 4.31. The Morgan fingerprint density at radius 1 is 1.40 bits per heavy atom. The van der Waals surface area contributed by atoms with E-state index in [1.54, 1.807) is 0 Å². The Labute approximate surface area is 119 Å². The van der Waals surface area contributed by atoms with E-state index in [0.717, 1.165) is 37.5 Å². The molecule has 0 aromatic heterocycles. The zero-order valence-corrected chi connectivity index (χ0v) is 11.9. The first-order valence-electron chi connectivity index (χ1n) is 7.12. The number of carbonyl (C=O) groups excluding carboxylic acids is 1. The molecule has 2 N–H and O–H groups in total. The van der Waals surface area contributed by atoms with Crippen molar-refractivity contribution in [3.05, 3.63) is 24.3 Å². The largest absolute Gasteiger partial charge is 0.494 e. The van der Waals surface area contributed by atoms with Crippen molar-refractivity contribution in [1.82, 2.24) is 5.32 Å². The van der Waals surface area contributed by atoms with Gasteiger partial charge in [-0.05, 0) is 31.9 Å². The smallest absolute Gasteiger partial charge is 0.239 e. The average Bonchev–Trinajstić information content (AvgIpc) is 2.47. The predicted molar refractivity (Wildman–Crippen MR) is 78.1 cm³/mol. The van der Waals surface area contributed by atoms with Crippen molar-refractivity contribution >= 4 is 11.6 Å². The van der Waals surface area contributed by atoms with Crippen LogP contribution in [0.5, 0.6) is 5.75 Å². The van der Waals surface area contributed by atoms with Gasteiger partial charge in [-0.2, -0.15) is 0 Å². The number of amides is 1. The first-order valence-corrected chi connectivity index (χ1v) is 7.12. The molecule has 1 aliphatic rings. The number of hydrogen-bond donors (Lipinski definition) is 2. The third-order valence-corrected chi connectivity index (χ3v) is 3.18. The van der Waals surface area contributed by atoms with Crippen LogP contribution in [-0.2, 0) is 9.53 Å². The molecule has 110 valence electrons. The van der Waals surface area contributed by atoms with E-state index < -0.39 is 0 Å². The topological polar surface area (TPSA) is 59.6 Å². The van der Waals surface area contributed by atoms with Crippen LogP contribution in [0.2, 0.25) is 0 Å². The van der Waals surface area contributed by atoms with E-state index in [4.69, 9.17) is 9.47 Å². The van der Waals surface area contributed by atoms with E-state index in [1.807, 2.05) is 31.2 Å². The van der Waals surface area contributed by atoms with Gasteiger partial charge in [0.15, 0.2) is 0 Å². The maximum atomic E-state index is 11.8. The van der Waals surface area contributed by atoms with Crippen LogP contribution in [0, 0.1) is 0 Å². The van der Waals surface area contributed by atoms with Crippen LogP contribution in [0.15, 0.2) is 24.3 Å². The van der Waals surface area contributed by atoms with Gasteiger partial charge in [-0.15, -0.1) is 0 Å². The molecule has 0 aliphatic carbocycles. The van der Waals surface area contributed by atoms with Crippen LogP contribution in [0.1, 0.15) is 19.8 Å². The summed E-state index contributed by atoms with van der Waals surface area (Å²) in [6.07, 6.45) is 1.79. The zero-order valence-electron chi connectivity index (χ0n) is 11.9. The quantitative estimate of drug-likeness (QED) is 0.833. The summed E-state index contributed by atoms with van der Waals surface area (Å²) < 4.78 is 10.7. The van der Waals surface area contributed by atoms with Crippen LogP contribution in [0.4, 0.5) is 5.69 Å². The van der Waals surface area contributed by atoms with Crippen molar-refractivity contribution < 1.29 is 14.3 Å². The SMILES string of the molecule is CCOc1cccc(NCC(=O)NC2CCOCC2)c1. The lowest BCUT2D eigenvalue weighted by Gasteiger charge is -2.23. The molecule has 0 saturated carbocycles. The average molecular weight is 278 g/mol. The lowest BCUT2D eigenvalue weighted by atomic mass is 10.1. The summed E-state index contributed by atoms with van der Waals surface area (Å²) in [6, 6.07) is 7.86. The first-order chi connectivity index (χ1) is 9.78. The maximum absolute atomic E-state index is 11.8. The standard InChI is InChI=1S/C15H22N2O3/c1-2-20-14-5-3-4-13(10-14)16-11-15(18)17-12-6-8-19-9-7-12/h3-5,10,12,16H,2,6-9,11H2,1H3,(H,17,18). The molecule has 0 spiro atoms. The molecule has 0 atom stereocenters. The Morgan fingerprint density at radius 2 is 2.20 bits per heavy atom. The summed E-state index contributed by atoms with van der Waals surface area (Å²) in [7, 11) is 0. The summed E-state index contributed by atoms with van der Waals surface area (Å²) in [4.78, 5) is 11.8. The highest BCUT2D eigenvalue weighted by Gasteiger charge is 2.15. The van der Waals surface area contributed by atoms with Gasteiger partial charge in [0.25, 0.3) is 0 Å². The second-order valence-corrected chi connectivity index (χ2v) is 4.77. The molecule has 1 fully saturated rings. The van der Waals surface area contributed by atoms with Gasteiger partial charge in [-0.25, -0.2) is 0 Å². The van der Waals surface area contributed by atoms with Crippen molar-refractivity contribution in [2.45, 2.75) is 25.8 Å².